The van der Waals surface area contributed by atoms with Crippen molar-refractivity contribution < 1.29 is 4.79 Å². The fraction of sp³-hybridized carbons (Fsp3) is 0.0870. The zero-order valence-electron chi connectivity index (χ0n) is 16.5. The largest absolute Gasteiger partial charge is 0.315 e. The molecule has 1 heterocycles. The molecule has 0 aliphatic heterocycles. The van der Waals surface area contributed by atoms with Crippen molar-refractivity contribution in [3.05, 3.63) is 93.2 Å². The maximum absolute atomic E-state index is 13.3. The first-order valence-electron chi connectivity index (χ1n) is 9.37. The van der Waals surface area contributed by atoms with E-state index in [1.54, 1.807) is 54.4 Å². The van der Waals surface area contributed by atoms with E-state index in [2.05, 4.69) is 4.98 Å². The third kappa shape index (κ3) is 4.61. The van der Waals surface area contributed by atoms with Gasteiger partial charge in [-0.25, -0.2) is 4.98 Å². The zero-order chi connectivity index (χ0) is 22.0. The fourth-order valence-electron chi connectivity index (χ4n) is 3.07. The van der Waals surface area contributed by atoms with Crippen LogP contribution in [0.5, 0.6) is 0 Å². The molecular formula is C23H17Cl2N3O2S. The Morgan fingerprint density at radius 2 is 1.68 bits per heavy atom. The number of amides is 1. The van der Waals surface area contributed by atoms with Gasteiger partial charge in [-0.3, -0.25) is 14.2 Å². The van der Waals surface area contributed by atoms with Crippen LogP contribution >= 0.6 is 35.0 Å². The molecule has 0 atom stereocenters. The van der Waals surface area contributed by atoms with Gasteiger partial charge in [0.2, 0.25) is 5.91 Å². The van der Waals surface area contributed by atoms with Crippen molar-refractivity contribution in [1.82, 2.24) is 9.55 Å². The summed E-state index contributed by atoms with van der Waals surface area (Å²) in [5.74, 6) is -0.00314. The normalized spacial score (nSPS) is 10.9. The van der Waals surface area contributed by atoms with Crippen molar-refractivity contribution >= 4 is 57.5 Å². The Balaban J connectivity index is 1.73. The van der Waals surface area contributed by atoms with Gasteiger partial charge in [-0.05, 0) is 54.6 Å². The minimum atomic E-state index is -0.240. The molecular weight excluding hydrogens is 453 g/mol. The number of aromatic nitrogens is 2. The predicted molar refractivity (Wildman–Crippen MR) is 128 cm³/mol. The Kier molecular flexibility index (Phi) is 6.32. The van der Waals surface area contributed by atoms with Gasteiger partial charge in [-0.2, -0.15) is 0 Å². The summed E-state index contributed by atoms with van der Waals surface area (Å²) < 4.78 is 1.49. The first-order chi connectivity index (χ1) is 14.9. The number of rotatable bonds is 5. The topological polar surface area (TPSA) is 55.2 Å². The van der Waals surface area contributed by atoms with Gasteiger partial charge in [0.1, 0.15) is 0 Å². The number of benzene rings is 3. The summed E-state index contributed by atoms with van der Waals surface area (Å²) in [5.41, 5.74) is 1.65. The molecule has 0 aliphatic carbocycles. The molecule has 0 spiro atoms. The highest BCUT2D eigenvalue weighted by Gasteiger charge is 2.17. The molecule has 0 unspecified atom stereocenters. The minimum absolute atomic E-state index is 0.109. The monoisotopic (exact) mass is 469 g/mol. The van der Waals surface area contributed by atoms with E-state index in [4.69, 9.17) is 23.2 Å². The Morgan fingerprint density at radius 3 is 2.39 bits per heavy atom. The number of carbonyl (C=O) groups is 1. The SMILES string of the molecule is CN(C(=O)CSc1nc2cc(Cl)ccc2c(=O)n1-c1ccc(Cl)cc1)c1ccccc1. The van der Waals surface area contributed by atoms with Crippen molar-refractivity contribution in [3.63, 3.8) is 0 Å². The van der Waals surface area contributed by atoms with Gasteiger partial charge in [0.25, 0.3) is 5.56 Å². The smallest absolute Gasteiger partial charge is 0.266 e. The lowest BCUT2D eigenvalue weighted by Gasteiger charge is -2.18. The molecule has 0 aliphatic rings. The molecule has 0 fully saturated rings. The van der Waals surface area contributed by atoms with Crippen molar-refractivity contribution in [1.29, 1.82) is 0 Å². The van der Waals surface area contributed by atoms with Crippen molar-refractivity contribution in [2.75, 3.05) is 17.7 Å². The molecule has 31 heavy (non-hydrogen) atoms. The number of halogens is 2. The van der Waals surface area contributed by atoms with Crippen LogP contribution in [0, 0.1) is 0 Å². The van der Waals surface area contributed by atoms with Gasteiger partial charge in [0, 0.05) is 22.8 Å². The average Bonchev–Trinajstić information content (AvgIpc) is 2.78. The Hall–Kier alpha value is -2.80. The predicted octanol–water partition coefficient (Wildman–Crippen LogP) is 5.45. The first kappa shape index (κ1) is 21.4. The van der Waals surface area contributed by atoms with E-state index in [0.717, 1.165) is 5.69 Å². The second-order valence-corrected chi connectivity index (χ2v) is 8.57. The lowest BCUT2D eigenvalue weighted by atomic mass is 10.2. The average molecular weight is 470 g/mol. The summed E-state index contributed by atoms with van der Waals surface area (Å²) in [6.07, 6.45) is 0. The molecule has 0 N–H and O–H groups in total. The van der Waals surface area contributed by atoms with E-state index in [1.807, 2.05) is 30.3 Å². The first-order valence-corrected chi connectivity index (χ1v) is 11.1. The van der Waals surface area contributed by atoms with Crippen LogP contribution in [0.4, 0.5) is 5.69 Å². The Bertz CT molecular complexity index is 1310. The van der Waals surface area contributed by atoms with Gasteiger partial charge in [0.05, 0.1) is 22.3 Å². The third-order valence-electron chi connectivity index (χ3n) is 4.73. The number of nitrogens with zero attached hydrogens (tertiary/aromatic N) is 3. The van der Waals surface area contributed by atoms with Gasteiger partial charge < -0.3 is 4.90 Å². The summed E-state index contributed by atoms with van der Waals surface area (Å²) in [6, 6.07) is 21.2. The van der Waals surface area contributed by atoms with E-state index >= 15 is 0 Å². The molecule has 8 heteroatoms. The highest BCUT2D eigenvalue weighted by atomic mass is 35.5. The molecule has 0 radical (unpaired) electrons. The molecule has 156 valence electrons. The summed E-state index contributed by atoms with van der Waals surface area (Å²) in [5, 5.41) is 1.89. The van der Waals surface area contributed by atoms with E-state index < -0.39 is 0 Å². The quantitative estimate of drug-likeness (QED) is 0.288. The van der Waals surface area contributed by atoms with E-state index in [0.29, 0.717) is 31.8 Å². The lowest BCUT2D eigenvalue weighted by Crippen LogP contribution is -2.28. The highest BCUT2D eigenvalue weighted by molar-refractivity contribution is 7.99. The van der Waals surface area contributed by atoms with Crippen molar-refractivity contribution in [2.45, 2.75) is 5.16 Å². The summed E-state index contributed by atoms with van der Waals surface area (Å²) in [7, 11) is 1.72. The fourth-order valence-corrected chi connectivity index (χ4v) is 4.29. The van der Waals surface area contributed by atoms with Crippen molar-refractivity contribution in [2.24, 2.45) is 0 Å². The molecule has 0 saturated carbocycles. The molecule has 4 rings (SSSR count). The Morgan fingerprint density at radius 1 is 1.00 bits per heavy atom. The van der Waals surface area contributed by atoms with Gasteiger partial charge >= 0.3 is 0 Å². The third-order valence-corrected chi connectivity index (χ3v) is 6.14. The van der Waals surface area contributed by atoms with Crippen LogP contribution in [-0.2, 0) is 4.79 Å². The lowest BCUT2D eigenvalue weighted by molar-refractivity contribution is -0.115. The minimum Gasteiger partial charge on any atom is -0.315 e. The zero-order valence-corrected chi connectivity index (χ0v) is 18.8. The molecule has 1 aromatic heterocycles. The molecule has 4 aromatic rings. The molecule has 0 bridgehead atoms. The standard InChI is InChI=1S/C23H17Cl2N3O2S/c1-27(17-5-3-2-4-6-17)21(29)14-31-23-26-20-13-16(25)9-12-19(20)22(30)28(23)18-10-7-15(24)8-11-18/h2-13H,14H2,1H3. The number of fused-ring (bicyclic) bond motifs is 1. The van der Waals surface area contributed by atoms with Crippen molar-refractivity contribution in [3.8, 4) is 5.69 Å². The highest BCUT2D eigenvalue weighted by Crippen LogP contribution is 2.24. The summed E-state index contributed by atoms with van der Waals surface area (Å²) in [6.45, 7) is 0. The number of hydrogen-bond acceptors (Lipinski definition) is 4. The van der Waals surface area contributed by atoms with Crippen LogP contribution in [-0.4, -0.2) is 28.3 Å². The maximum Gasteiger partial charge on any atom is 0.266 e. The van der Waals surface area contributed by atoms with Crippen LogP contribution in [0.1, 0.15) is 0 Å². The van der Waals surface area contributed by atoms with E-state index in [9.17, 15) is 9.59 Å². The molecule has 3 aromatic carbocycles. The van der Waals surface area contributed by atoms with Gasteiger partial charge in [-0.15, -0.1) is 0 Å². The molecule has 5 nitrogen and oxygen atoms in total. The van der Waals surface area contributed by atoms with Crippen LogP contribution < -0.4 is 10.5 Å². The second kappa shape index (κ2) is 9.14. The summed E-state index contributed by atoms with van der Waals surface area (Å²) in [4.78, 5) is 32.3. The van der Waals surface area contributed by atoms with Crippen LogP contribution in [0.25, 0.3) is 16.6 Å². The summed E-state index contributed by atoms with van der Waals surface area (Å²) >= 11 is 13.3. The number of carbonyl (C=O) groups excluding carboxylic acids is 1. The number of anilines is 1. The van der Waals surface area contributed by atoms with Gasteiger partial charge in [0.15, 0.2) is 5.16 Å². The number of para-hydroxylation sites is 1. The number of hydrogen-bond donors (Lipinski definition) is 0. The van der Waals surface area contributed by atoms with E-state index in [1.165, 1.54) is 16.3 Å². The number of thioether (sulfide) groups is 1. The molecule has 0 saturated heterocycles. The van der Waals surface area contributed by atoms with Crippen LogP contribution in [0.3, 0.4) is 0 Å². The van der Waals surface area contributed by atoms with E-state index in [-0.39, 0.29) is 17.2 Å². The maximum atomic E-state index is 13.3. The second-order valence-electron chi connectivity index (χ2n) is 6.75. The molecule has 1 amide bonds. The van der Waals surface area contributed by atoms with Crippen LogP contribution in [0.2, 0.25) is 10.0 Å². The van der Waals surface area contributed by atoms with Crippen LogP contribution in [0.15, 0.2) is 82.7 Å². The Labute approximate surface area is 193 Å². The van der Waals surface area contributed by atoms with Gasteiger partial charge in [-0.1, -0.05) is 53.2 Å².